The Morgan fingerprint density at radius 1 is 1.41 bits per heavy atom. The van der Waals surface area contributed by atoms with Gasteiger partial charge in [0.05, 0.1) is 5.60 Å². The zero-order chi connectivity index (χ0) is 12.3. The molecule has 2 rings (SSSR count). The second kappa shape index (κ2) is 5.00. The Labute approximate surface area is 103 Å². The van der Waals surface area contributed by atoms with Crippen molar-refractivity contribution < 1.29 is 9.84 Å². The number of likely N-dealkylation sites (tertiary alicyclic amines) is 1. The number of dihydropyridines is 1. The summed E-state index contributed by atoms with van der Waals surface area (Å²) in [5.74, 6) is 0.761. The molecule has 1 saturated heterocycles. The van der Waals surface area contributed by atoms with E-state index < -0.39 is 5.60 Å². The van der Waals surface area contributed by atoms with Crippen LogP contribution >= 0.6 is 0 Å². The van der Waals surface area contributed by atoms with Crippen LogP contribution in [-0.2, 0) is 4.74 Å². The molecule has 0 aromatic heterocycles. The maximum Gasteiger partial charge on any atom is 0.189 e. The van der Waals surface area contributed by atoms with Gasteiger partial charge in [-0.1, -0.05) is 0 Å². The van der Waals surface area contributed by atoms with E-state index in [0.29, 0.717) is 6.61 Å². The van der Waals surface area contributed by atoms with Crippen molar-refractivity contribution in [3.8, 4) is 0 Å². The fraction of sp³-hybridized carbons (Fsp3) is 0.692. The molecule has 0 radical (unpaired) electrons. The Hall–Kier alpha value is -1.16. The zero-order valence-corrected chi connectivity index (χ0v) is 10.7. The average molecular weight is 238 g/mol. The monoisotopic (exact) mass is 238 g/mol. The summed E-state index contributed by atoms with van der Waals surface area (Å²) in [6.45, 7) is 6.87. The van der Waals surface area contributed by atoms with Gasteiger partial charge in [-0.05, 0) is 32.8 Å². The molecule has 2 N–H and O–H groups in total. The molecular weight excluding hydrogens is 216 g/mol. The number of aliphatic hydroxyl groups is 1. The number of ether oxygens (including phenoxy) is 1. The molecule has 0 amide bonds. The molecule has 0 atom stereocenters. The number of rotatable bonds is 4. The Morgan fingerprint density at radius 3 is 2.76 bits per heavy atom. The predicted molar refractivity (Wildman–Crippen MR) is 67.2 cm³/mol. The van der Waals surface area contributed by atoms with Crippen LogP contribution in [0.4, 0.5) is 0 Å². The minimum Gasteiger partial charge on any atom is -0.476 e. The quantitative estimate of drug-likeness (QED) is 0.772. The Bertz CT molecular complexity index is 323. The maximum absolute atomic E-state index is 9.62. The highest BCUT2D eigenvalue weighted by molar-refractivity contribution is 5.24. The fourth-order valence-electron chi connectivity index (χ4n) is 2.04. The molecule has 0 spiro atoms. The van der Waals surface area contributed by atoms with Crippen LogP contribution in [0.15, 0.2) is 23.7 Å². The van der Waals surface area contributed by atoms with Crippen LogP contribution in [-0.4, -0.2) is 41.8 Å². The largest absolute Gasteiger partial charge is 0.476 e. The highest BCUT2D eigenvalue weighted by atomic mass is 16.5. The summed E-state index contributed by atoms with van der Waals surface area (Å²) in [7, 11) is 0. The van der Waals surface area contributed by atoms with E-state index in [0.717, 1.165) is 25.5 Å². The van der Waals surface area contributed by atoms with Crippen LogP contribution in [0, 0.1) is 0 Å². The highest BCUT2D eigenvalue weighted by Gasteiger charge is 2.18. The first-order valence-corrected chi connectivity index (χ1v) is 6.30. The van der Waals surface area contributed by atoms with Crippen molar-refractivity contribution in [2.75, 3.05) is 26.2 Å². The Morgan fingerprint density at radius 2 is 2.12 bits per heavy atom. The standard InChI is InChI=1S/C13H22N2O2/c1-13(2,16)10-17-12-9-11(5-6-14-12)15-7-3-4-8-15/h5,9,14,16H,3-4,6-8,10H2,1-2H3. The van der Waals surface area contributed by atoms with Crippen LogP contribution in [0.5, 0.6) is 0 Å². The van der Waals surface area contributed by atoms with Crippen molar-refractivity contribution in [2.24, 2.45) is 0 Å². The van der Waals surface area contributed by atoms with Crippen LogP contribution in [0.25, 0.3) is 0 Å². The van der Waals surface area contributed by atoms with E-state index >= 15 is 0 Å². The van der Waals surface area contributed by atoms with Crippen molar-refractivity contribution in [3.05, 3.63) is 23.7 Å². The molecule has 0 aromatic carbocycles. The minimum atomic E-state index is -0.794. The van der Waals surface area contributed by atoms with E-state index in [1.165, 1.54) is 18.5 Å². The van der Waals surface area contributed by atoms with Gasteiger partial charge >= 0.3 is 0 Å². The molecule has 4 nitrogen and oxygen atoms in total. The van der Waals surface area contributed by atoms with E-state index in [9.17, 15) is 5.11 Å². The predicted octanol–water partition coefficient (Wildman–Crippen LogP) is 1.20. The second-order valence-corrected chi connectivity index (χ2v) is 5.31. The first-order chi connectivity index (χ1) is 8.04. The molecule has 4 heteroatoms. The summed E-state index contributed by atoms with van der Waals surface area (Å²) in [5.41, 5.74) is 0.448. The van der Waals surface area contributed by atoms with Gasteiger partial charge in [0.25, 0.3) is 0 Å². The average Bonchev–Trinajstić information content (AvgIpc) is 2.79. The third-order valence-corrected chi connectivity index (χ3v) is 2.92. The van der Waals surface area contributed by atoms with Crippen LogP contribution in [0.1, 0.15) is 26.7 Å². The summed E-state index contributed by atoms with van der Waals surface area (Å²) in [6.07, 6.45) is 6.76. The number of nitrogens with zero attached hydrogens (tertiary/aromatic N) is 1. The topological polar surface area (TPSA) is 44.7 Å². The molecule has 0 aliphatic carbocycles. The molecule has 17 heavy (non-hydrogen) atoms. The molecule has 2 aliphatic heterocycles. The highest BCUT2D eigenvalue weighted by Crippen LogP contribution is 2.19. The van der Waals surface area contributed by atoms with Crippen LogP contribution in [0.2, 0.25) is 0 Å². The lowest BCUT2D eigenvalue weighted by atomic mass is 10.2. The van der Waals surface area contributed by atoms with E-state index in [1.54, 1.807) is 13.8 Å². The van der Waals surface area contributed by atoms with E-state index in [4.69, 9.17) is 4.74 Å². The van der Waals surface area contributed by atoms with Crippen molar-refractivity contribution in [3.63, 3.8) is 0 Å². The van der Waals surface area contributed by atoms with E-state index in [-0.39, 0.29) is 0 Å². The minimum absolute atomic E-state index is 0.305. The molecule has 0 saturated carbocycles. The fourth-order valence-corrected chi connectivity index (χ4v) is 2.04. The van der Waals surface area contributed by atoms with Crippen LogP contribution < -0.4 is 5.32 Å². The lowest BCUT2D eigenvalue weighted by Gasteiger charge is -2.25. The van der Waals surface area contributed by atoms with Crippen molar-refractivity contribution in [1.29, 1.82) is 0 Å². The van der Waals surface area contributed by atoms with Crippen molar-refractivity contribution in [2.45, 2.75) is 32.3 Å². The number of hydrogen-bond donors (Lipinski definition) is 2. The van der Waals surface area contributed by atoms with Gasteiger partial charge in [-0.2, -0.15) is 0 Å². The van der Waals surface area contributed by atoms with Gasteiger partial charge in [0.2, 0.25) is 0 Å². The molecule has 96 valence electrons. The molecule has 0 unspecified atom stereocenters. The third-order valence-electron chi connectivity index (χ3n) is 2.92. The van der Waals surface area contributed by atoms with Crippen LogP contribution in [0.3, 0.4) is 0 Å². The molecule has 2 heterocycles. The summed E-state index contributed by atoms with van der Waals surface area (Å²) in [5, 5.41) is 12.8. The molecule has 0 bridgehead atoms. The number of nitrogens with one attached hydrogen (secondary N) is 1. The first kappa shape index (κ1) is 12.3. The number of hydrogen-bond acceptors (Lipinski definition) is 4. The van der Waals surface area contributed by atoms with Gasteiger partial charge in [0.15, 0.2) is 5.88 Å². The third kappa shape index (κ3) is 3.66. The molecule has 1 fully saturated rings. The van der Waals surface area contributed by atoms with Gasteiger partial charge < -0.3 is 20.1 Å². The Kier molecular flexibility index (Phi) is 3.62. The first-order valence-electron chi connectivity index (χ1n) is 6.30. The molecule has 0 aromatic rings. The van der Waals surface area contributed by atoms with E-state index in [2.05, 4.69) is 16.3 Å². The van der Waals surface area contributed by atoms with Gasteiger partial charge in [0, 0.05) is 31.4 Å². The van der Waals surface area contributed by atoms with Crippen molar-refractivity contribution in [1.82, 2.24) is 10.2 Å². The van der Waals surface area contributed by atoms with E-state index in [1.807, 2.05) is 6.08 Å². The summed E-state index contributed by atoms with van der Waals surface area (Å²) < 4.78 is 5.57. The summed E-state index contributed by atoms with van der Waals surface area (Å²) >= 11 is 0. The molecular formula is C13H22N2O2. The lowest BCUT2D eigenvalue weighted by molar-refractivity contribution is -0.00132. The SMILES string of the molecule is CC(C)(O)COC1=CC(N2CCCC2)=CCN1. The second-order valence-electron chi connectivity index (χ2n) is 5.31. The van der Waals surface area contributed by atoms with Crippen molar-refractivity contribution >= 4 is 0 Å². The Balaban J connectivity index is 1.92. The van der Waals surface area contributed by atoms with Gasteiger partial charge in [-0.15, -0.1) is 0 Å². The summed E-state index contributed by atoms with van der Waals surface area (Å²) in [6, 6.07) is 0. The molecule has 2 aliphatic rings. The number of allylic oxidation sites excluding steroid dienone is 1. The maximum atomic E-state index is 9.62. The lowest BCUT2D eigenvalue weighted by Crippen LogP contribution is -2.31. The summed E-state index contributed by atoms with van der Waals surface area (Å²) in [4.78, 5) is 2.38. The van der Waals surface area contributed by atoms with Gasteiger partial charge in [-0.25, -0.2) is 0 Å². The van der Waals surface area contributed by atoms with Gasteiger partial charge in [0.1, 0.15) is 6.61 Å². The zero-order valence-electron chi connectivity index (χ0n) is 10.7. The van der Waals surface area contributed by atoms with Gasteiger partial charge in [-0.3, -0.25) is 0 Å². The normalized spacial score (nSPS) is 20.8. The smallest absolute Gasteiger partial charge is 0.189 e.